The van der Waals surface area contributed by atoms with Gasteiger partial charge in [-0.05, 0) is 18.6 Å². The molecule has 0 radical (unpaired) electrons. The van der Waals surface area contributed by atoms with Crippen LogP contribution in [0.4, 0.5) is 0 Å². The number of unbranched alkanes of at least 4 members (excludes halogenated alkanes) is 5. The zero-order chi connectivity index (χ0) is 19.2. The van der Waals surface area contributed by atoms with Gasteiger partial charge in [0.25, 0.3) is 5.56 Å². The Morgan fingerprint density at radius 2 is 1.74 bits per heavy atom. The predicted octanol–water partition coefficient (Wildman–Crippen LogP) is 3.94. The van der Waals surface area contributed by atoms with Crippen LogP contribution in [0, 0.1) is 0 Å². The lowest BCUT2D eigenvalue weighted by molar-refractivity contribution is 0.544. The van der Waals surface area contributed by atoms with E-state index in [9.17, 15) is 9.59 Å². The summed E-state index contributed by atoms with van der Waals surface area (Å²) < 4.78 is 3.37. The van der Waals surface area contributed by atoms with E-state index in [4.69, 9.17) is 0 Å². The fourth-order valence-electron chi connectivity index (χ4n) is 3.14. The van der Waals surface area contributed by atoms with Crippen molar-refractivity contribution in [3.8, 4) is 0 Å². The smallest absolute Gasteiger partial charge is 0.313 e. The van der Waals surface area contributed by atoms with Crippen molar-refractivity contribution in [2.45, 2.75) is 62.0 Å². The molecule has 1 aromatic carbocycles. The first kappa shape index (κ1) is 19.5. The fraction of sp³-hybridized carbons (Fsp3) is 0.450. The van der Waals surface area contributed by atoms with Crippen molar-refractivity contribution in [2.75, 3.05) is 0 Å². The standard InChI is InChI=1S/C20H26N4O2S/c1-3-4-5-6-7-11-14-24-16-17(23(2)19(26)22-18(16)25)21-20(24)27-15-12-9-8-10-13-15/h8-10,12-13H,3-7,11,14H2,1-2H3,(H,22,25,26). The van der Waals surface area contributed by atoms with Gasteiger partial charge in [0.1, 0.15) is 0 Å². The molecule has 0 bridgehead atoms. The van der Waals surface area contributed by atoms with Crippen molar-refractivity contribution in [3.63, 3.8) is 0 Å². The Morgan fingerprint density at radius 1 is 1.04 bits per heavy atom. The molecule has 7 heteroatoms. The second-order valence-corrected chi connectivity index (χ2v) is 7.76. The Bertz CT molecular complexity index is 1000. The van der Waals surface area contributed by atoms with E-state index in [1.165, 1.54) is 42.0 Å². The summed E-state index contributed by atoms with van der Waals surface area (Å²) in [4.78, 5) is 32.5. The van der Waals surface area contributed by atoms with Gasteiger partial charge in [0.2, 0.25) is 0 Å². The molecule has 2 heterocycles. The van der Waals surface area contributed by atoms with Crippen molar-refractivity contribution in [3.05, 3.63) is 51.2 Å². The minimum absolute atomic E-state index is 0.369. The van der Waals surface area contributed by atoms with Crippen LogP contribution in [0.15, 0.2) is 50.0 Å². The normalized spacial score (nSPS) is 11.3. The quantitative estimate of drug-likeness (QED) is 0.566. The molecule has 0 saturated heterocycles. The molecule has 0 aliphatic carbocycles. The average Bonchev–Trinajstić information content (AvgIpc) is 3.02. The Balaban J connectivity index is 1.92. The number of aromatic amines is 1. The molecule has 144 valence electrons. The van der Waals surface area contributed by atoms with Crippen molar-refractivity contribution < 1.29 is 0 Å². The Hall–Kier alpha value is -2.28. The van der Waals surface area contributed by atoms with Crippen molar-refractivity contribution >= 4 is 22.9 Å². The molecule has 0 amide bonds. The third kappa shape index (κ3) is 4.53. The van der Waals surface area contributed by atoms with Crippen LogP contribution in [0.25, 0.3) is 11.2 Å². The van der Waals surface area contributed by atoms with Gasteiger partial charge in [-0.25, -0.2) is 9.78 Å². The summed E-state index contributed by atoms with van der Waals surface area (Å²) in [6.07, 6.45) is 7.06. The van der Waals surface area contributed by atoms with Crippen LogP contribution >= 0.6 is 11.8 Å². The van der Waals surface area contributed by atoms with E-state index in [-0.39, 0.29) is 5.56 Å². The van der Waals surface area contributed by atoms with E-state index in [0.29, 0.717) is 11.2 Å². The fourth-order valence-corrected chi connectivity index (χ4v) is 4.07. The number of fused-ring (bicyclic) bond motifs is 1. The molecule has 0 aliphatic rings. The molecular weight excluding hydrogens is 360 g/mol. The molecule has 3 rings (SSSR count). The molecule has 6 nitrogen and oxygen atoms in total. The summed E-state index contributed by atoms with van der Waals surface area (Å²) in [5, 5.41) is 0.747. The molecule has 0 saturated carbocycles. The number of nitrogens with one attached hydrogen (secondary N) is 1. The van der Waals surface area contributed by atoms with Crippen LogP contribution in [0.2, 0.25) is 0 Å². The predicted molar refractivity (Wildman–Crippen MR) is 110 cm³/mol. The molecule has 0 fully saturated rings. The van der Waals surface area contributed by atoms with Gasteiger partial charge in [-0.2, -0.15) is 0 Å². The van der Waals surface area contributed by atoms with E-state index >= 15 is 0 Å². The van der Waals surface area contributed by atoms with Crippen LogP contribution in [-0.4, -0.2) is 19.1 Å². The maximum atomic E-state index is 12.5. The number of aryl methyl sites for hydroxylation is 2. The minimum Gasteiger partial charge on any atom is -0.313 e. The number of benzene rings is 1. The van der Waals surface area contributed by atoms with E-state index in [2.05, 4.69) is 16.9 Å². The number of aromatic nitrogens is 4. The number of nitrogens with zero attached hydrogens (tertiary/aromatic N) is 3. The number of hydrogen-bond donors (Lipinski definition) is 1. The molecule has 0 spiro atoms. The Kier molecular flexibility index (Phi) is 6.55. The monoisotopic (exact) mass is 386 g/mol. The van der Waals surface area contributed by atoms with Crippen LogP contribution in [0.3, 0.4) is 0 Å². The highest BCUT2D eigenvalue weighted by Crippen LogP contribution is 2.29. The molecule has 27 heavy (non-hydrogen) atoms. The maximum Gasteiger partial charge on any atom is 0.329 e. The number of imidazole rings is 1. The van der Waals surface area contributed by atoms with Crippen LogP contribution in [0.5, 0.6) is 0 Å². The molecular formula is C20H26N4O2S. The maximum absolute atomic E-state index is 12.5. The summed E-state index contributed by atoms with van der Waals surface area (Å²) in [6.45, 7) is 2.93. The topological polar surface area (TPSA) is 72.7 Å². The SMILES string of the molecule is CCCCCCCCn1c(Sc2ccccc2)nc2c1c(=O)[nH]c(=O)n2C. The largest absolute Gasteiger partial charge is 0.329 e. The summed E-state index contributed by atoms with van der Waals surface area (Å²) in [5.74, 6) is 0. The van der Waals surface area contributed by atoms with Crippen molar-refractivity contribution in [1.82, 2.24) is 19.1 Å². The van der Waals surface area contributed by atoms with Crippen molar-refractivity contribution in [2.24, 2.45) is 7.05 Å². The summed E-state index contributed by atoms with van der Waals surface area (Å²) in [6, 6.07) is 9.96. The highest BCUT2D eigenvalue weighted by atomic mass is 32.2. The first-order chi connectivity index (χ1) is 13.1. The summed E-state index contributed by atoms with van der Waals surface area (Å²) in [5.41, 5.74) is 0.108. The van der Waals surface area contributed by atoms with Gasteiger partial charge in [0, 0.05) is 18.5 Å². The van der Waals surface area contributed by atoms with Gasteiger partial charge < -0.3 is 4.57 Å². The average molecular weight is 387 g/mol. The van der Waals surface area contributed by atoms with Crippen LogP contribution in [-0.2, 0) is 13.6 Å². The molecule has 0 aliphatic heterocycles. The van der Waals surface area contributed by atoms with Gasteiger partial charge in [-0.15, -0.1) is 0 Å². The molecule has 0 unspecified atom stereocenters. The van der Waals surface area contributed by atoms with Gasteiger partial charge in [-0.3, -0.25) is 14.3 Å². The van der Waals surface area contributed by atoms with Gasteiger partial charge in [0.05, 0.1) is 0 Å². The Morgan fingerprint density at radius 3 is 2.48 bits per heavy atom. The highest BCUT2D eigenvalue weighted by molar-refractivity contribution is 7.99. The third-order valence-corrected chi connectivity index (χ3v) is 5.66. The van der Waals surface area contributed by atoms with E-state index in [1.54, 1.807) is 7.05 Å². The van der Waals surface area contributed by atoms with Gasteiger partial charge in [0.15, 0.2) is 16.3 Å². The Labute approximate surface area is 162 Å². The summed E-state index contributed by atoms with van der Waals surface area (Å²) in [7, 11) is 1.64. The molecule has 1 N–H and O–H groups in total. The number of rotatable bonds is 9. The second kappa shape index (κ2) is 9.08. The van der Waals surface area contributed by atoms with E-state index in [1.807, 2.05) is 34.9 Å². The van der Waals surface area contributed by atoms with Crippen molar-refractivity contribution in [1.29, 1.82) is 0 Å². The lowest BCUT2D eigenvalue weighted by Gasteiger charge is -2.08. The lowest BCUT2D eigenvalue weighted by Crippen LogP contribution is -2.29. The molecule has 3 aromatic rings. The minimum atomic E-state index is -0.437. The second-order valence-electron chi connectivity index (χ2n) is 6.72. The van der Waals surface area contributed by atoms with Gasteiger partial charge in [-0.1, -0.05) is 69.0 Å². The van der Waals surface area contributed by atoms with E-state index in [0.717, 1.165) is 29.4 Å². The first-order valence-electron chi connectivity index (χ1n) is 9.54. The highest BCUT2D eigenvalue weighted by Gasteiger charge is 2.17. The van der Waals surface area contributed by atoms with Gasteiger partial charge >= 0.3 is 5.69 Å². The summed E-state index contributed by atoms with van der Waals surface area (Å²) >= 11 is 1.52. The third-order valence-electron chi connectivity index (χ3n) is 4.66. The first-order valence-corrected chi connectivity index (χ1v) is 10.4. The van der Waals surface area contributed by atoms with Crippen LogP contribution < -0.4 is 11.2 Å². The van der Waals surface area contributed by atoms with Crippen LogP contribution in [0.1, 0.15) is 45.4 Å². The zero-order valence-electron chi connectivity index (χ0n) is 15.9. The zero-order valence-corrected chi connectivity index (χ0v) is 16.7. The molecule has 2 aromatic heterocycles. The molecule has 0 atom stereocenters. The number of H-pyrrole nitrogens is 1. The lowest BCUT2D eigenvalue weighted by atomic mass is 10.1. The number of hydrogen-bond acceptors (Lipinski definition) is 4. The van der Waals surface area contributed by atoms with E-state index < -0.39 is 5.69 Å².